The Labute approximate surface area is 137 Å². The highest BCUT2D eigenvalue weighted by Gasteiger charge is 2.26. The number of fused-ring (bicyclic) bond motifs is 1. The molecule has 0 fully saturated rings. The third-order valence-corrected chi connectivity index (χ3v) is 4.92. The molecule has 0 spiro atoms. The normalized spacial score (nSPS) is 14.1. The molecule has 3 nitrogen and oxygen atoms in total. The Morgan fingerprint density at radius 1 is 1.04 bits per heavy atom. The first-order valence-corrected chi connectivity index (χ1v) is 7.99. The van der Waals surface area contributed by atoms with Gasteiger partial charge < -0.3 is 5.11 Å². The van der Waals surface area contributed by atoms with Crippen LogP contribution >= 0.6 is 0 Å². The van der Waals surface area contributed by atoms with Gasteiger partial charge in [-0.05, 0) is 66.8 Å². The standard InChI is InChI=1S/C20H23NO2/c1-12-5-7-15(8-6-12)20-14(3)18-11-21(4)10-17(18)13(2)16(20)9-19(22)23/h5-8H,9-11H2,1-4H3,(H,22,23). The molecule has 3 heteroatoms. The first-order chi connectivity index (χ1) is 10.9. The van der Waals surface area contributed by atoms with Crippen molar-refractivity contribution in [1.82, 2.24) is 4.90 Å². The summed E-state index contributed by atoms with van der Waals surface area (Å²) >= 11 is 0. The summed E-state index contributed by atoms with van der Waals surface area (Å²) in [5, 5.41) is 9.39. The molecule has 0 bridgehead atoms. The summed E-state index contributed by atoms with van der Waals surface area (Å²) in [4.78, 5) is 13.7. The van der Waals surface area contributed by atoms with E-state index in [1.54, 1.807) is 0 Å². The van der Waals surface area contributed by atoms with Gasteiger partial charge in [0.05, 0.1) is 6.42 Å². The van der Waals surface area contributed by atoms with Crippen LogP contribution in [0, 0.1) is 20.8 Å². The number of rotatable bonds is 3. The van der Waals surface area contributed by atoms with Crippen molar-refractivity contribution < 1.29 is 9.90 Å². The number of aryl methyl sites for hydroxylation is 1. The van der Waals surface area contributed by atoms with E-state index in [1.165, 1.54) is 22.3 Å². The summed E-state index contributed by atoms with van der Waals surface area (Å²) in [7, 11) is 2.11. The molecule has 0 unspecified atom stereocenters. The maximum atomic E-state index is 11.4. The lowest BCUT2D eigenvalue weighted by Crippen LogP contribution is -2.09. The van der Waals surface area contributed by atoms with Crippen molar-refractivity contribution in [2.75, 3.05) is 7.05 Å². The van der Waals surface area contributed by atoms with Crippen molar-refractivity contribution in [1.29, 1.82) is 0 Å². The van der Waals surface area contributed by atoms with Gasteiger partial charge in [-0.2, -0.15) is 0 Å². The topological polar surface area (TPSA) is 40.5 Å². The van der Waals surface area contributed by atoms with E-state index in [2.05, 4.69) is 57.0 Å². The van der Waals surface area contributed by atoms with E-state index in [0.717, 1.165) is 35.3 Å². The minimum absolute atomic E-state index is 0.0763. The van der Waals surface area contributed by atoms with Gasteiger partial charge in [-0.1, -0.05) is 29.8 Å². The average molecular weight is 309 g/mol. The van der Waals surface area contributed by atoms with Crippen molar-refractivity contribution in [3.05, 3.63) is 57.6 Å². The summed E-state index contributed by atoms with van der Waals surface area (Å²) in [6.07, 6.45) is 0.0763. The minimum Gasteiger partial charge on any atom is -0.481 e. The molecule has 0 amide bonds. The molecule has 2 aromatic carbocycles. The first-order valence-electron chi connectivity index (χ1n) is 7.99. The molecule has 1 N–H and O–H groups in total. The van der Waals surface area contributed by atoms with Crippen LogP contribution in [0.1, 0.15) is 33.4 Å². The third-order valence-electron chi connectivity index (χ3n) is 4.92. The molecule has 0 atom stereocenters. The van der Waals surface area contributed by atoms with Gasteiger partial charge in [0, 0.05) is 13.1 Å². The van der Waals surface area contributed by atoms with Crippen LogP contribution in [-0.4, -0.2) is 23.0 Å². The van der Waals surface area contributed by atoms with E-state index in [0.29, 0.717) is 0 Å². The Hall–Kier alpha value is -2.13. The molecule has 0 aliphatic carbocycles. The monoisotopic (exact) mass is 309 g/mol. The lowest BCUT2D eigenvalue weighted by molar-refractivity contribution is -0.136. The minimum atomic E-state index is -0.771. The Morgan fingerprint density at radius 2 is 1.61 bits per heavy atom. The number of carboxylic acid groups (broad SMARTS) is 1. The van der Waals surface area contributed by atoms with Crippen LogP contribution in [0.15, 0.2) is 24.3 Å². The second-order valence-electron chi connectivity index (χ2n) is 6.67. The van der Waals surface area contributed by atoms with Crippen LogP contribution in [-0.2, 0) is 24.3 Å². The van der Waals surface area contributed by atoms with Crippen molar-refractivity contribution in [2.24, 2.45) is 0 Å². The van der Waals surface area contributed by atoms with Gasteiger partial charge in [-0.3, -0.25) is 9.69 Å². The first kappa shape index (κ1) is 15.8. The van der Waals surface area contributed by atoms with E-state index in [4.69, 9.17) is 0 Å². The largest absolute Gasteiger partial charge is 0.481 e. The van der Waals surface area contributed by atoms with Crippen molar-refractivity contribution >= 4 is 5.97 Å². The number of carbonyl (C=O) groups is 1. The molecule has 23 heavy (non-hydrogen) atoms. The van der Waals surface area contributed by atoms with E-state index in [-0.39, 0.29) is 6.42 Å². The van der Waals surface area contributed by atoms with Gasteiger partial charge in [0.2, 0.25) is 0 Å². The van der Waals surface area contributed by atoms with Gasteiger partial charge >= 0.3 is 5.97 Å². The smallest absolute Gasteiger partial charge is 0.307 e. The lowest BCUT2D eigenvalue weighted by atomic mass is 9.84. The molecule has 3 rings (SSSR count). The Morgan fingerprint density at radius 3 is 2.17 bits per heavy atom. The fourth-order valence-electron chi connectivity index (χ4n) is 3.71. The lowest BCUT2D eigenvalue weighted by Gasteiger charge is -2.20. The molecule has 120 valence electrons. The zero-order chi connectivity index (χ0) is 16.7. The summed E-state index contributed by atoms with van der Waals surface area (Å²) in [6.45, 7) is 8.13. The summed E-state index contributed by atoms with van der Waals surface area (Å²) in [5.41, 5.74) is 9.47. The van der Waals surface area contributed by atoms with Crippen molar-refractivity contribution in [3.63, 3.8) is 0 Å². The van der Waals surface area contributed by atoms with E-state index < -0.39 is 5.97 Å². The highest BCUT2D eigenvalue weighted by atomic mass is 16.4. The maximum Gasteiger partial charge on any atom is 0.307 e. The summed E-state index contributed by atoms with van der Waals surface area (Å²) in [6, 6.07) is 8.39. The van der Waals surface area contributed by atoms with Gasteiger partial charge in [-0.25, -0.2) is 0 Å². The predicted molar refractivity (Wildman–Crippen MR) is 92.6 cm³/mol. The average Bonchev–Trinajstić information content (AvgIpc) is 2.88. The number of carboxylic acids is 1. The maximum absolute atomic E-state index is 11.4. The van der Waals surface area contributed by atoms with Gasteiger partial charge in [0.1, 0.15) is 0 Å². The van der Waals surface area contributed by atoms with Crippen molar-refractivity contribution in [3.8, 4) is 11.1 Å². The van der Waals surface area contributed by atoms with Crippen LogP contribution in [0.3, 0.4) is 0 Å². The highest BCUT2D eigenvalue weighted by molar-refractivity contribution is 5.81. The molecule has 0 saturated heterocycles. The molecule has 1 heterocycles. The van der Waals surface area contributed by atoms with Crippen LogP contribution in [0.25, 0.3) is 11.1 Å². The van der Waals surface area contributed by atoms with Gasteiger partial charge in [-0.15, -0.1) is 0 Å². The Balaban J connectivity index is 2.28. The molecule has 0 aromatic heterocycles. The van der Waals surface area contributed by atoms with Crippen LogP contribution in [0.4, 0.5) is 0 Å². The number of aliphatic carboxylic acids is 1. The molecular weight excluding hydrogens is 286 g/mol. The Kier molecular flexibility index (Phi) is 3.99. The van der Waals surface area contributed by atoms with E-state index >= 15 is 0 Å². The molecule has 1 aliphatic heterocycles. The number of hydrogen-bond acceptors (Lipinski definition) is 2. The number of nitrogens with zero attached hydrogens (tertiary/aromatic N) is 1. The van der Waals surface area contributed by atoms with Gasteiger partial charge in [0.25, 0.3) is 0 Å². The van der Waals surface area contributed by atoms with E-state index in [9.17, 15) is 9.90 Å². The van der Waals surface area contributed by atoms with Crippen LogP contribution in [0.2, 0.25) is 0 Å². The Bertz CT molecular complexity index is 775. The summed E-state index contributed by atoms with van der Waals surface area (Å²) < 4.78 is 0. The van der Waals surface area contributed by atoms with Crippen LogP contribution in [0.5, 0.6) is 0 Å². The van der Waals surface area contributed by atoms with Crippen LogP contribution < -0.4 is 0 Å². The molecule has 2 aromatic rings. The third kappa shape index (κ3) is 2.77. The zero-order valence-corrected chi connectivity index (χ0v) is 14.2. The molecule has 1 aliphatic rings. The SMILES string of the molecule is Cc1ccc(-c2c(C)c3c(c(C)c2CC(=O)O)CN(C)C3)cc1. The molecule has 0 radical (unpaired) electrons. The molecule has 0 saturated carbocycles. The fraction of sp³-hybridized carbons (Fsp3) is 0.350. The highest BCUT2D eigenvalue weighted by Crippen LogP contribution is 2.39. The van der Waals surface area contributed by atoms with E-state index in [1.807, 2.05) is 0 Å². The van der Waals surface area contributed by atoms with Gasteiger partial charge in [0.15, 0.2) is 0 Å². The van der Waals surface area contributed by atoms with Crippen molar-refractivity contribution in [2.45, 2.75) is 40.3 Å². The summed E-state index contributed by atoms with van der Waals surface area (Å²) in [5.74, 6) is -0.771. The zero-order valence-electron chi connectivity index (χ0n) is 14.2. The second-order valence-corrected chi connectivity index (χ2v) is 6.67. The fourth-order valence-corrected chi connectivity index (χ4v) is 3.71. The number of benzene rings is 2. The quantitative estimate of drug-likeness (QED) is 0.936. The predicted octanol–water partition coefficient (Wildman–Crippen LogP) is 3.85. The number of hydrogen-bond donors (Lipinski definition) is 1. The molecular formula is C20H23NO2. The second kappa shape index (κ2) is 5.82.